The molecule has 3 heterocycles. The van der Waals surface area contributed by atoms with Crippen LogP contribution in [0.3, 0.4) is 0 Å². The molecule has 1 atom stereocenters. The Morgan fingerprint density at radius 1 is 1.00 bits per heavy atom. The summed E-state index contributed by atoms with van der Waals surface area (Å²) in [6, 6.07) is 17.5. The first kappa shape index (κ1) is 22.5. The van der Waals surface area contributed by atoms with Crippen LogP contribution in [0.25, 0.3) is 11.0 Å². The van der Waals surface area contributed by atoms with Crippen LogP contribution in [0, 0.1) is 13.8 Å². The maximum atomic E-state index is 12.9. The number of hydrogen-bond donors (Lipinski definition) is 0. The molecule has 2 aromatic heterocycles. The Morgan fingerprint density at radius 2 is 1.74 bits per heavy atom. The number of hydrogen-bond acceptors (Lipinski definition) is 7. The first-order valence-corrected chi connectivity index (χ1v) is 11.2. The van der Waals surface area contributed by atoms with Crippen molar-refractivity contribution >= 4 is 22.7 Å². The molecule has 5 rings (SSSR count). The van der Waals surface area contributed by atoms with Gasteiger partial charge >= 0.3 is 11.6 Å². The van der Waals surface area contributed by atoms with Gasteiger partial charge in [-0.3, -0.25) is 4.79 Å². The zero-order valence-electron chi connectivity index (χ0n) is 19.3. The molecule has 2 aromatic carbocycles. The number of fused-ring (bicyclic) bond motifs is 2. The van der Waals surface area contributed by atoms with E-state index < -0.39 is 18.2 Å². The Labute approximate surface area is 200 Å². The largest absolute Gasteiger partial charge is 0.486 e. The van der Waals surface area contributed by atoms with E-state index in [9.17, 15) is 14.4 Å². The Kier molecular flexibility index (Phi) is 5.86. The second kappa shape index (κ2) is 9.13. The van der Waals surface area contributed by atoms with Gasteiger partial charge in [0.05, 0.1) is 6.54 Å². The van der Waals surface area contributed by atoms with Gasteiger partial charge < -0.3 is 23.2 Å². The van der Waals surface area contributed by atoms with Crippen molar-refractivity contribution in [2.24, 2.45) is 0 Å². The molecule has 178 valence electrons. The lowest BCUT2D eigenvalue weighted by Crippen LogP contribution is -2.33. The number of carbonyl (C=O) groups excluding carboxylic acids is 2. The molecule has 4 aromatic rings. The number of rotatable bonds is 6. The summed E-state index contributed by atoms with van der Waals surface area (Å²) >= 11 is 0. The molecule has 0 amide bonds. The Morgan fingerprint density at radius 3 is 2.57 bits per heavy atom. The van der Waals surface area contributed by atoms with Crippen LogP contribution in [0.4, 0.5) is 0 Å². The number of ether oxygens (including phenoxy) is 3. The number of esters is 1. The fourth-order valence-electron chi connectivity index (χ4n) is 4.21. The Hall–Kier alpha value is -4.33. The molecule has 8 nitrogen and oxygen atoms in total. The van der Waals surface area contributed by atoms with Gasteiger partial charge in [0.1, 0.15) is 17.8 Å². The van der Waals surface area contributed by atoms with E-state index in [2.05, 4.69) is 0 Å². The summed E-state index contributed by atoms with van der Waals surface area (Å²) in [5.41, 5.74) is 1.35. The van der Waals surface area contributed by atoms with Crippen molar-refractivity contribution in [3.05, 3.63) is 93.6 Å². The van der Waals surface area contributed by atoms with Gasteiger partial charge in [-0.1, -0.05) is 30.3 Å². The summed E-state index contributed by atoms with van der Waals surface area (Å²) in [7, 11) is 0. The SMILES string of the molecule is Cc1cc(C(=O)COC(=O)c2cc3ccccc3oc2=O)c(C)n1C[C@H]1COc2ccccc2O1. The van der Waals surface area contributed by atoms with E-state index in [0.29, 0.717) is 41.2 Å². The quantitative estimate of drug-likeness (QED) is 0.236. The summed E-state index contributed by atoms with van der Waals surface area (Å²) in [4.78, 5) is 37.5. The molecule has 0 radical (unpaired) electrons. The molecule has 0 saturated carbocycles. The second-order valence-corrected chi connectivity index (χ2v) is 8.38. The normalized spacial score (nSPS) is 14.6. The molecule has 1 aliphatic heterocycles. The van der Waals surface area contributed by atoms with Gasteiger partial charge in [-0.25, -0.2) is 9.59 Å². The number of carbonyl (C=O) groups is 2. The molecule has 1 aliphatic rings. The summed E-state index contributed by atoms with van der Waals surface area (Å²) in [5.74, 6) is 0.127. The fourth-order valence-corrected chi connectivity index (χ4v) is 4.21. The molecule has 0 spiro atoms. The van der Waals surface area contributed by atoms with E-state index in [1.54, 1.807) is 30.3 Å². The topological polar surface area (TPSA) is 97.0 Å². The highest BCUT2D eigenvalue weighted by Crippen LogP contribution is 2.31. The third-order valence-electron chi connectivity index (χ3n) is 6.02. The van der Waals surface area contributed by atoms with Crippen molar-refractivity contribution < 1.29 is 28.2 Å². The molecule has 0 saturated heterocycles. The zero-order valence-corrected chi connectivity index (χ0v) is 19.3. The smallest absolute Gasteiger partial charge is 0.351 e. The summed E-state index contributed by atoms with van der Waals surface area (Å²) in [6.45, 7) is 4.12. The molecular weight excluding hydrogens is 450 g/mol. The van der Waals surface area contributed by atoms with Gasteiger partial charge in [0.15, 0.2) is 24.2 Å². The first-order chi connectivity index (χ1) is 16.9. The van der Waals surface area contributed by atoms with E-state index in [4.69, 9.17) is 18.6 Å². The number of aromatic nitrogens is 1. The molecule has 0 unspecified atom stereocenters. The third-order valence-corrected chi connectivity index (χ3v) is 6.02. The van der Waals surface area contributed by atoms with E-state index in [1.165, 1.54) is 6.07 Å². The standard InChI is InChI=1S/C27H23NO7/c1-16-11-20(17(2)28(16)13-19-14-32-24-9-5-6-10-25(24)34-19)22(29)15-33-26(30)21-12-18-7-3-4-8-23(18)35-27(21)31/h3-12,19H,13-15H2,1-2H3/t19-/m0/s1. The number of para-hydroxylation sites is 3. The van der Waals surface area contributed by atoms with Crippen LogP contribution in [0.5, 0.6) is 11.5 Å². The lowest BCUT2D eigenvalue weighted by molar-refractivity contribution is 0.0470. The van der Waals surface area contributed by atoms with Crippen molar-refractivity contribution in [2.45, 2.75) is 26.5 Å². The van der Waals surface area contributed by atoms with Crippen molar-refractivity contribution in [1.82, 2.24) is 4.57 Å². The van der Waals surface area contributed by atoms with Crippen molar-refractivity contribution in [2.75, 3.05) is 13.2 Å². The van der Waals surface area contributed by atoms with Crippen molar-refractivity contribution in [3.8, 4) is 11.5 Å². The lowest BCUT2D eigenvalue weighted by Gasteiger charge is -2.27. The number of benzene rings is 2. The molecule has 0 N–H and O–H groups in total. The molecule has 0 bridgehead atoms. The predicted octanol–water partition coefficient (Wildman–Crippen LogP) is 4.09. The Bertz CT molecular complexity index is 1500. The summed E-state index contributed by atoms with van der Waals surface area (Å²) < 4.78 is 24.2. The van der Waals surface area contributed by atoms with Gasteiger partial charge in [0, 0.05) is 22.3 Å². The van der Waals surface area contributed by atoms with Gasteiger partial charge in [-0.05, 0) is 44.2 Å². The van der Waals surface area contributed by atoms with Crippen LogP contribution in [0.15, 0.2) is 69.9 Å². The average molecular weight is 473 g/mol. The third kappa shape index (κ3) is 4.42. The minimum absolute atomic E-state index is 0.220. The summed E-state index contributed by atoms with van der Waals surface area (Å²) in [5, 5.41) is 0.588. The number of ketones is 1. The van der Waals surface area contributed by atoms with Crippen LogP contribution < -0.4 is 15.1 Å². The van der Waals surface area contributed by atoms with Crippen molar-refractivity contribution in [1.29, 1.82) is 0 Å². The zero-order chi connectivity index (χ0) is 24.5. The van der Waals surface area contributed by atoms with Crippen LogP contribution >= 0.6 is 0 Å². The second-order valence-electron chi connectivity index (χ2n) is 8.38. The van der Waals surface area contributed by atoms with Crippen LogP contribution in [-0.4, -0.2) is 35.6 Å². The highest BCUT2D eigenvalue weighted by Gasteiger charge is 2.25. The maximum Gasteiger partial charge on any atom is 0.351 e. The minimum Gasteiger partial charge on any atom is -0.486 e. The first-order valence-electron chi connectivity index (χ1n) is 11.2. The maximum absolute atomic E-state index is 12.9. The molecule has 0 aliphatic carbocycles. The van der Waals surface area contributed by atoms with E-state index in [0.717, 1.165) is 11.4 Å². The van der Waals surface area contributed by atoms with Crippen molar-refractivity contribution in [3.63, 3.8) is 0 Å². The lowest BCUT2D eigenvalue weighted by atomic mass is 10.1. The number of nitrogens with zero attached hydrogens (tertiary/aromatic N) is 1. The van der Waals surface area contributed by atoms with Gasteiger partial charge in [0.25, 0.3) is 0 Å². The van der Waals surface area contributed by atoms with E-state index in [-0.39, 0.29) is 17.5 Å². The molecular formula is C27H23NO7. The highest BCUT2D eigenvalue weighted by molar-refractivity contribution is 6.00. The highest BCUT2D eigenvalue weighted by atomic mass is 16.6. The van der Waals surface area contributed by atoms with Crippen LogP contribution in [-0.2, 0) is 11.3 Å². The summed E-state index contributed by atoms with van der Waals surface area (Å²) in [6.07, 6.45) is -0.220. The van der Waals surface area contributed by atoms with Gasteiger partial charge in [-0.2, -0.15) is 0 Å². The molecule has 0 fully saturated rings. The number of Topliss-reactive ketones (excluding diaryl/α,β-unsaturated/α-hetero) is 1. The Balaban J connectivity index is 1.27. The fraction of sp³-hybridized carbons (Fsp3) is 0.222. The van der Waals surface area contributed by atoms with E-state index >= 15 is 0 Å². The van der Waals surface area contributed by atoms with Crippen LogP contribution in [0.2, 0.25) is 0 Å². The van der Waals surface area contributed by atoms with Gasteiger partial charge in [-0.15, -0.1) is 0 Å². The molecule has 8 heteroatoms. The average Bonchev–Trinajstić information content (AvgIpc) is 3.15. The van der Waals surface area contributed by atoms with Gasteiger partial charge in [0.2, 0.25) is 5.78 Å². The predicted molar refractivity (Wildman–Crippen MR) is 127 cm³/mol. The number of aryl methyl sites for hydroxylation is 1. The minimum atomic E-state index is -0.905. The monoisotopic (exact) mass is 473 g/mol. The van der Waals surface area contributed by atoms with E-state index in [1.807, 2.05) is 42.7 Å². The molecule has 35 heavy (non-hydrogen) atoms. The van der Waals surface area contributed by atoms with Crippen LogP contribution in [0.1, 0.15) is 32.1 Å².